The lowest BCUT2D eigenvalue weighted by molar-refractivity contribution is -0.141. The molecule has 1 heterocycles. The first-order chi connectivity index (χ1) is 14.2. The van der Waals surface area contributed by atoms with E-state index in [4.69, 9.17) is 9.72 Å². The molecular formula is C23H28N2O5. The minimum Gasteiger partial charge on any atom is -0.468 e. The van der Waals surface area contributed by atoms with Crippen LogP contribution in [-0.2, 0) is 31.9 Å². The average Bonchev–Trinajstić information content (AvgIpc) is 2.72. The van der Waals surface area contributed by atoms with Crippen molar-refractivity contribution >= 4 is 28.7 Å². The number of aromatic nitrogens is 1. The van der Waals surface area contributed by atoms with Crippen LogP contribution in [0.4, 0.5) is 0 Å². The van der Waals surface area contributed by atoms with Crippen LogP contribution < -0.4 is 5.32 Å². The molecule has 160 valence electrons. The smallest absolute Gasteiger partial charge is 0.339 e. The molecule has 0 unspecified atom stereocenters. The van der Waals surface area contributed by atoms with Crippen LogP contribution in [0.15, 0.2) is 24.3 Å². The van der Waals surface area contributed by atoms with E-state index in [1.165, 1.54) is 7.11 Å². The molecule has 0 saturated heterocycles. The topological polar surface area (TPSA) is 94.6 Å². The second-order valence-corrected chi connectivity index (χ2v) is 8.66. The molecule has 7 heteroatoms. The van der Waals surface area contributed by atoms with E-state index in [0.29, 0.717) is 11.5 Å². The number of benzene rings is 1. The minimum absolute atomic E-state index is 0.109. The molecule has 0 fully saturated rings. The molecule has 0 aliphatic heterocycles. The summed E-state index contributed by atoms with van der Waals surface area (Å²) in [5.74, 6) is -1.26. The van der Waals surface area contributed by atoms with Gasteiger partial charge in [-0.1, -0.05) is 39.0 Å². The fourth-order valence-electron chi connectivity index (χ4n) is 3.86. The lowest BCUT2D eigenvalue weighted by Crippen LogP contribution is -2.34. The van der Waals surface area contributed by atoms with Gasteiger partial charge in [-0.05, 0) is 42.2 Å². The molecule has 7 nitrogen and oxygen atoms in total. The third-order valence-corrected chi connectivity index (χ3v) is 5.68. The number of esters is 2. The third-order valence-electron chi connectivity index (χ3n) is 5.68. The summed E-state index contributed by atoms with van der Waals surface area (Å²) >= 11 is 0. The molecule has 1 aromatic heterocycles. The first-order valence-corrected chi connectivity index (χ1v) is 10.1. The Kier molecular flexibility index (Phi) is 6.39. The predicted octanol–water partition coefficient (Wildman–Crippen LogP) is 2.83. The molecular weight excluding hydrogens is 384 g/mol. The van der Waals surface area contributed by atoms with E-state index in [1.807, 2.05) is 24.3 Å². The Balaban J connectivity index is 1.87. The van der Waals surface area contributed by atoms with Crippen molar-refractivity contribution in [1.82, 2.24) is 10.3 Å². The SMILES string of the molecule is COC(=O)CNC(=O)COC(=O)c1c2c(nc3ccccc13)CC[C@H](C(C)(C)C)C2. The van der Waals surface area contributed by atoms with Gasteiger partial charge in [0.05, 0.1) is 18.2 Å². The van der Waals surface area contributed by atoms with Gasteiger partial charge in [-0.25, -0.2) is 4.79 Å². The molecule has 0 saturated carbocycles. The normalized spacial score (nSPS) is 15.9. The molecule has 1 aliphatic rings. The van der Waals surface area contributed by atoms with Crippen LogP contribution >= 0.6 is 0 Å². The number of hydrogen-bond donors (Lipinski definition) is 1. The number of para-hydroxylation sites is 1. The zero-order chi connectivity index (χ0) is 21.9. The number of pyridine rings is 1. The maximum atomic E-state index is 13.1. The maximum Gasteiger partial charge on any atom is 0.339 e. The number of amides is 1. The third kappa shape index (κ3) is 4.78. The van der Waals surface area contributed by atoms with Gasteiger partial charge in [-0.2, -0.15) is 0 Å². The Morgan fingerprint density at radius 2 is 1.93 bits per heavy atom. The Hall–Kier alpha value is -2.96. The van der Waals surface area contributed by atoms with Crippen molar-refractivity contribution in [1.29, 1.82) is 0 Å². The molecule has 1 atom stereocenters. The maximum absolute atomic E-state index is 13.1. The number of aryl methyl sites for hydroxylation is 1. The zero-order valence-electron chi connectivity index (χ0n) is 17.9. The van der Waals surface area contributed by atoms with Crippen LogP contribution in [0.2, 0.25) is 0 Å². The number of ether oxygens (including phenoxy) is 2. The number of hydrogen-bond acceptors (Lipinski definition) is 6. The van der Waals surface area contributed by atoms with Gasteiger partial charge in [-0.15, -0.1) is 0 Å². The number of fused-ring (bicyclic) bond motifs is 2. The second kappa shape index (κ2) is 8.81. The quantitative estimate of drug-likeness (QED) is 0.759. The zero-order valence-corrected chi connectivity index (χ0v) is 17.9. The number of nitrogens with zero attached hydrogens (tertiary/aromatic N) is 1. The van der Waals surface area contributed by atoms with Gasteiger partial charge in [-0.3, -0.25) is 14.6 Å². The summed E-state index contributed by atoms with van der Waals surface area (Å²) < 4.78 is 9.80. The summed E-state index contributed by atoms with van der Waals surface area (Å²) in [4.78, 5) is 40.9. The summed E-state index contributed by atoms with van der Waals surface area (Å²) in [5.41, 5.74) is 3.19. The Morgan fingerprint density at radius 1 is 1.20 bits per heavy atom. The first-order valence-electron chi connectivity index (χ1n) is 10.1. The van der Waals surface area contributed by atoms with Crippen molar-refractivity contribution in [2.45, 2.75) is 40.0 Å². The molecule has 1 N–H and O–H groups in total. The number of methoxy groups -OCH3 is 1. The molecule has 3 rings (SSSR count). The fraction of sp³-hybridized carbons (Fsp3) is 0.478. The lowest BCUT2D eigenvalue weighted by atomic mass is 9.70. The van der Waals surface area contributed by atoms with Gasteiger partial charge in [0.2, 0.25) is 0 Å². The molecule has 1 amide bonds. The van der Waals surface area contributed by atoms with E-state index in [-0.39, 0.29) is 12.0 Å². The predicted molar refractivity (Wildman–Crippen MR) is 112 cm³/mol. The van der Waals surface area contributed by atoms with Gasteiger partial charge in [0.1, 0.15) is 6.54 Å². The van der Waals surface area contributed by atoms with Crippen LogP contribution in [0.5, 0.6) is 0 Å². The summed E-state index contributed by atoms with van der Waals surface area (Å²) in [7, 11) is 1.23. The van der Waals surface area contributed by atoms with Gasteiger partial charge in [0, 0.05) is 11.1 Å². The molecule has 1 aromatic carbocycles. The highest BCUT2D eigenvalue weighted by molar-refractivity contribution is 6.05. The molecule has 30 heavy (non-hydrogen) atoms. The first kappa shape index (κ1) is 21.7. The second-order valence-electron chi connectivity index (χ2n) is 8.66. The van der Waals surface area contributed by atoms with E-state index >= 15 is 0 Å². The van der Waals surface area contributed by atoms with E-state index in [1.54, 1.807) is 0 Å². The monoisotopic (exact) mass is 412 g/mol. The Labute approximate surface area is 176 Å². The van der Waals surface area contributed by atoms with Crippen LogP contribution in [0, 0.1) is 11.3 Å². The number of rotatable bonds is 5. The van der Waals surface area contributed by atoms with Crippen LogP contribution in [0.1, 0.15) is 48.8 Å². The Morgan fingerprint density at radius 3 is 2.63 bits per heavy atom. The van der Waals surface area contributed by atoms with Crippen LogP contribution in [0.3, 0.4) is 0 Å². The molecule has 2 aromatic rings. The van der Waals surface area contributed by atoms with Crippen molar-refractivity contribution < 1.29 is 23.9 Å². The highest BCUT2D eigenvalue weighted by Crippen LogP contribution is 2.39. The van der Waals surface area contributed by atoms with Crippen LogP contribution in [-0.4, -0.2) is 43.1 Å². The van der Waals surface area contributed by atoms with E-state index in [2.05, 4.69) is 30.8 Å². The van der Waals surface area contributed by atoms with Gasteiger partial charge < -0.3 is 14.8 Å². The standard InChI is InChI=1S/C23H28N2O5/c1-23(2,3)14-9-10-18-16(11-14)21(15-7-5-6-8-17(15)25-18)22(28)30-13-19(26)24-12-20(27)29-4/h5-8,14H,9-13H2,1-4H3,(H,24,26)/t14-/m0/s1. The molecule has 0 radical (unpaired) electrons. The van der Waals surface area contributed by atoms with Gasteiger partial charge >= 0.3 is 11.9 Å². The fourth-order valence-corrected chi connectivity index (χ4v) is 3.86. The van der Waals surface area contributed by atoms with Crippen LogP contribution in [0.25, 0.3) is 10.9 Å². The van der Waals surface area contributed by atoms with Crippen molar-refractivity contribution in [3.8, 4) is 0 Å². The summed E-state index contributed by atoms with van der Waals surface area (Å²) in [5, 5.41) is 3.09. The number of nitrogens with one attached hydrogen (secondary N) is 1. The lowest BCUT2D eigenvalue weighted by Gasteiger charge is -2.35. The molecule has 0 spiro atoms. The van der Waals surface area contributed by atoms with E-state index in [0.717, 1.165) is 41.4 Å². The van der Waals surface area contributed by atoms with Crippen molar-refractivity contribution in [3.63, 3.8) is 0 Å². The summed E-state index contributed by atoms with van der Waals surface area (Å²) in [6.45, 7) is 5.89. The average molecular weight is 412 g/mol. The minimum atomic E-state index is -0.572. The van der Waals surface area contributed by atoms with E-state index in [9.17, 15) is 14.4 Å². The molecule has 0 bridgehead atoms. The highest BCUT2D eigenvalue weighted by atomic mass is 16.5. The van der Waals surface area contributed by atoms with Gasteiger partial charge in [0.25, 0.3) is 5.91 Å². The largest absolute Gasteiger partial charge is 0.468 e. The van der Waals surface area contributed by atoms with Gasteiger partial charge in [0.15, 0.2) is 6.61 Å². The van der Waals surface area contributed by atoms with E-state index < -0.39 is 24.5 Å². The van der Waals surface area contributed by atoms with Crippen molar-refractivity contribution in [2.75, 3.05) is 20.3 Å². The summed E-state index contributed by atoms with van der Waals surface area (Å²) in [6.07, 6.45) is 2.57. The molecule has 1 aliphatic carbocycles. The Bertz CT molecular complexity index is 977. The number of carbonyl (C=O) groups excluding carboxylic acids is 3. The summed E-state index contributed by atoms with van der Waals surface area (Å²) in [6, 6.07) is 7.49. The highest BCUT2D eigenvalue weighted by Gasteiger charge is 2.33. The number of carbonyl (C=O) groups is 3. The van der Waals surface area contributed by atoms with Crippen molar-refractivity contribution in [3.05, 3.63) is 41.1 Å². The van der Waals surface area contributed by atoms with Crippen molar-refractivity contribution in [2.24, 2.45) is 11.3 Å².